The van der Waals surface area contributed by atoms with E-state index in [-0.39, 0.29) is 16.5 Å². The van der Waals surface area contributed by atoms with Crippen LogP contribution in [0, 0.1) is 10.1 Å². The quantitative estimate of drug-likeness (QED) is 0.453. The van der Waals surface area contributed by atoms with Gasteiger partial charge in [0.1, 0.15) is 0 Å². The maximum Gasteiger partial charge on any atom is 0.313 e. The van der Waals surface area contributed by atoms with Gasteiger partial charge >= 0.3 is 5.69 Å². The number of nitrogens with one attached hydrogen (secondary N) is 1. The number of nitro groups is 1. The van der Waals surface area contributed by atoms with Crippen molar-refractivity contribution in [2.75, 3.05) is 5.32 Å². The minimum absolute atomic E-state index is 0.121. The first-order valence-corrected chi connectivity index (χ1v) is 3.53. The van der Waals surface area contributed by atoms with Crippen LogP contribution in [0.5, 0.6) is 0 Å². The second-order valence-electron chi connectivity index (χ2n) is 2.04. The van der Waals surface area contributed by atoms with Gasteiger partial charge in [0.2, 0.25) is 12.2 Å². The number of aromatic nitrogens is 1. The van der Waals surface area contributed by atoms with Gasteiger partial charge in [-0.15, -0.1) is 0 Å². The summed E-state index contributed by atoms with van der Waals surface area (Å²) in [4.78, 5) is 23.3. The molecule has 0 aliphatic rings. The number of hydrogen-bond acceptors (Lipinski definition) is 4. The van der Waals surface area contributed by atoms with Crippen LogP contribution in [0.25, 0.3) is 0 Å². The maximum atomic E-state index is 10.4. The Hall–Kier alpha value is -1.69. The standard InChI is InChI=1S/C6H4ClN3O3/c7-4-1-5(10(12)13)6(8-2-4)9-3-11/h1-3H,(H,8,9,11). The molecule has 1 rings (SSSR count). The van der Waals surface area contributed by atoms with Crippen LogP contribution >= 0.6 is 11.6 Å². The summed E-state index contributed by atoms with van der Waals surface area (Å²) in [6, 6.07) is 1.11. The average Bonchev–Trinajstić information content (AvgIpc) is 2.08. The van der Waals surface area contributed by atoms with E-state index in [2.05, 4.69) is 10.3 Å². The monoisotopic (exact) mass is 201 g/mol. The Kier molecular flexibility index (Phi) is 2.76. The molecule has 6 nitrogen and oxygen atoms in total. The molecule has 0 aliphatic carbocycles. The predicted molar refractivity (Wildman–Crippen MR) is 45.6 cm³/mol. The van der Waals surface area contributed by atoms with Crippen LogP contribution in [-0.2, 0) is 4.79 Å². The summed E-state index contributed by atoms with van der Waals surface area (Å²) in [7, 11) is 0. The van der Waals surface area contributed by atoms with Gasteiger partial charge in [-0.3, -0.25) is 14.9 Å². The summed E-state index contributed by atoms with van der Waals surface area (Å²) in [5, 5.41) is 12.6. The molecule has 0 radical (unpaired) electrons. The van der Waals surface area contributed by atoms with E-state index < -0.39 is 4.92 Å². The molecule has 0 fully saturated rings. The molecule has 0 bridgehead atoms. The third-order valence-corrected chi connectivity index (χ3v) is 1.43. The van der Waals surface area contributed by atoms with Gasteiger partial charge in [-0.2, -0.15) is 0 Å². The second kappa shape index (κ2) is 3.81. The van der Waals surface area contributed by atoms with Crippen LogP contribution in [0.1, 0.15) is 0 Å². The zero-order valence-electron chi connectivity index (χ0n) is 6.23. The van der Waals surface area contributed by atoms with Crippen molar-refractivity contribution in [3.8, 4) is 0 Å². The van der Waals surface area contributed by atoms with Gasteiger partial charge in [0, 0.05) is 12.3 Å². The van der Waals surface area contributed by atoms with Crippen molar-refractivity contribution in [1.29, 1.82) is 0 Å². The van der Waals surface area contributed by atoms with E-state index in [4.69, 9.17) is 11.6 Å². The molecule has 1 aromatic heterocycles. The lowest BCUT2D eigenvalue weighted by Crippen LogP contribution is -2.01. The van der Waals surface area contributed by atoms with E-state index in [0.29, 0.717) is 6.41 Å². The molecular formula is C6H4ClN3O3. The molecule has 0 unspecified atom stereocenters. The highest BCUT2D eigenvalue weighted by Gasteiger charge is 2.14. The number of carbonyl (C=O) groups is 1. The molecule has 68 valence electrons. The number of carbonyl (C=O) groups excluding carboxylic acids is 1. The number of nitrogens with zero attached hydrogens (tertiary/aromatic N) is 2. The minimum atomic E-state index is -0.676. The lowest BCUT2D eigenvalue weighted by molar-refractivity contribution is -0.384. The van der Waals surface area contributed by atoms with E-state index in [0.717, 1.165) is 6.07 Å². The smallest absolute Gasteiger partial charge is 0.308 e. The zero-order valence-corrected chi connectivity index (χ0v) is 6.99. The summed E-state index contributed by atoms with van der Waals surface area (Å²) >= 11 is 5.48. The summed E-state index contributed by atoms with van der Waals surface area (Å²) in [6.45, 7) is 0. The Balaban J connectivity index is 3.17. The Morgan fingerprint density at radius 1 is 1.69 bits per heavy atom. The van der Waals surface area contributed by atoms with Crippen molar-refractivity contribution in [1.82, 2.24) is 4.98 Å². The van der Waals surface area contributed by atoms with E-state index in [9.17, 15) is 14.9 Å². The number of halogens is 1. The molecule has 0 spiro atoms. The topological polar surface area (TPSA) is 85.1 Å². The number of anilines is 1. The highest BCUT2D eigenvalue weighted by Crippen LogP contribution is 2.24. The number of hydrogen-bond donors (Lipinski definition) is 1. The molecular weight excluding hydrogens is 198 g/mol. The summed E-state index contributed by atoms with van der Waals surface area (Å²) in [5.41, 5.74) is -0.334. The maximum absolute atomic E-state index is 10.4. The van der Waals surface area contributed by atoms with Gasteiger partial charge in [0.15, 0.2) is 0 Å². The fraction of sp³-hybridized carbons (Fsp3) is 0. The van der Waals surface area contributed by atoms with Crippen molar-refractivity contribution < 1.29 is 9.72 Å². The van der Waals surface area contributed by atoms with E-state index in [1.54, 1.807) is 0 Å². The van der Waals surface area contributed by atoms with Crippen LogP contribution in [0.3, 0.4) is 0 Å². The first-order valence-electron chi connectivity index (χ1n) is 3.15. The number of amides is 1. The normalized spacial score (nSPS) is 9.31. The Labute approximate surface area is 77.7 Å². The van der Waals surface area contributed by atoms with E-state index in [1.165, 1.54) is 6.20 Å². The third-order valence-electron chi connectivity index (χ3n) is 1.23. The molecule has 0 saturated heterocycles. The van der Waals surface area contributed by atoms with Gasteiger partial charge in [0.05, 0.1) is 9.95 Å². The van der Waals surface area contributed by atoms with Gasteiger partial charge in [-0.25, -0.2) is 4.98 Å². The summed E-state index contributed by atoms with van der Waals surface area (Å²) in [6.07, 6.45) is 1.52. The molecule has 0 saturated carbocycles. The Morgan fingerprint density at radius 2 is 2.38 bits per heavy atom. The van der Waals surface area contributed by atoms with Crippen LogP contribution in [0.4, 0.5) is 11.5 Å². The van der Waals surface area contributed by atoms with Crippen molar-refractivity contribution in [2.24, 2.45) is 0 Å². The zero-order chi connectivity index (χ0) is 9.84. The fourth-order valence-electron chi connectivity index (χ4n) is 0.735. The predicted octanol–water partition coefficient (Wildman–Crippen LogP) is 1.21. The van der Waals surface area contributed by atoms with Gasteiger partial charge in [0.25, 0.3) is 0 Å². The summed E-state index contributed by atoms with van der Waals surface area (Å²) < 4.78 is 0. The summed E-state index contributed by atoms with van der Waals surface area (Å²) in [5.74, 6) is -0.121. The first kappa shape index (κ1) is 9.40. The number of pyridine rings is 1. The largest absolute Gasteiger partial charge is 0.313 e. The first-order chi connectivity index (χ1) is 6.15. The molecule has 0 atom stereocenters. The van der Waals surface area contributed by atoms with Gasteiger partial charge in [-0.1, -0.05) is 11.6 Å². The fourth-order valence-corrected chi connectivity index (χ4v) is 0.887. The molecule has 0 aliphatic heterocycles. The van der Waals surface area contributed by atoms with Crippen molar-refractivity contribution in [3.05, 3.63) is 27.4 Å². The van der Waals surface area contributed by atoms with Crippen molar-refractivity contribution >= 4 is 29.5 Å². The SMILES string of the molecule is O=CNc1ncc(Cl)cc1[N+](=O)[O-]. The Morgan fingerprint density at radius 3 is 2.92 bits per heavy atom. The van der Waals surface area contributed by atoms with E-state index in [1.807, 2.05) is 0 Å². The van der Waals surface area contributed by atoms with Gasteiger partial charge < -0.3 is 5.32 Å². The van der Waals surface area contributed by atoms with Crippen LogP contribution in [-0.4, -0.2) is 16.3 Å². The molecule has 0 aromatic carbocycles. The highest BCUT2D eigenvalue weighted by atomic mass is 35.5. The molecule has 1 N–H and O–H groups in total. The highest BCUT2D eigenvalue weighted by molar-refractivity contribution is 6.30. The molecule has 1 amide bonds. The van der Waals surface area contributed by atoms with Crippen molar-refractivity contribution in [3.63, 3.8) is 0 Å². The van der Waals surface area contributed by atoms with E-state index >= 15 is 0 Å². The minimum Gasteiger partial charge on any atom is -0.308 e. The molecule has 1 aromatic rings. The van der Waals surface area contributed by atoms with Gasteiger partial charge in [-0.05, 0) is 0 Å². The Bertz CT molecular complexity index is 355. The van der Waals surface area contributed by atoms with Crippen molar-refractivity contribution in [2.45, 2.75) is 0 Å². The lowest BCUT2D eigenvalue weighted by Gasteiger charge is -1.98. The second-order valence-corrected chi connectivity index (χ2v) is 2.48. The third kappa shape index (κ3) is 2.12. The molecule has 1 heterocycles. The van der Waals surface area contributed by atoms with Crippen LogP contribution < -0.4 is 5.32 Å². The molecule has 7 heteroatoms. The number of rotatable bonds is 3. The molecule has 13 heavy (non-hydrogen) atoms. The average molecular weight is 202 g/mol. The lowest BCUT2D eigenvalue weighted by atomic mass is 10.4. The van der Waals surface area contributed by atoms with Crippen LogP contribution in [0.2, 0.25) is 5.02 Å². The van der Waals surface area contributed by atoms with Crippen LogP contribution in [0.15, 0.2) is 12.3 Å².